The lowest BCUT2D eigenvalue weighted by molar-refractivity contribution is -0.142. The summed E-state index contributed by atoms with van der Waals surface area (Å²) in [6.45, 7) is 5.13. The van der Waals surface area contributed by atoms with E-state index in [1.807, 2.05) is 6.08 Å². The molecule has 0 aromatic heterocycles. The molecule has 0 N–H and O–H groups in total. The van der Waals surface area contributed by atoms with Crippen LogP contribution in [0.1, 0.15) is 32.6 Å². The van der Waals surface area contributed by atoms with Crippen LogP contribution in [0.4, 0.5) is 0 Å². The Hall–Kier alpha value is -0.790. The number of allylic oxidation sites excluding steroid dienone is 1. The van der Waals surface area contributed by atoms with Crippen LogP contribution < -0.4 is 0 Å². The van der Waals surface area contributed by atoms with Crippen molar-refractivity contribution in [2.75, 3.05) is 0 Å². The van der Waals surface area contributed by atoms with Gasteiger partial charge in [0, 0.05) is 6.92 Å². The molecule has 1 saturated carbocycles. The van der Waals surface area contributed by atoms with Gasteiger partial charge in [-0.15, -0.1) is 6.58 Å². The second kappa shape index (κ2) is 4.29. The minimum absolute atomic E-state index is 0.147. The number of carbonyl (C=O) groups excluding carboxylic acids is 1. The number of carbonyl (C=O) groups is 1. The Morgan fingerprint density at radius 1 is 1.75 bits per heavy atom. The SMILES string of the molecule is C=CCCCC1CC1OC(C)=O. The van der Waals surface area contributed by atoms with E-state index in [1.54, 1.807) is 0 Å². The third kappa shape index (κ3) is 3.07. The van der Waals surface area contributed by atoms with E-state index in [0.717, 1.165) is 12.8 Å². The molecule has 0 saturated heterocycles. The molecule has 2 unspecified atom stereocenters. The fraction of sp³-hybridized carbons (Fsp3) is 0.700. The van der Waals surface area contributed by atoms with Gasteiger partial charge in [0.05, 0.1) is 0 Å². The first-order chi connectivity index (χ1) is 5.74. The lowest BCUT2D eigenvalue weighted by atomic mass is 10.2. The Kier molecular flexibility index (Phi) is 3.32. The predicted molar refractivity (Wildman–Crippen MR) is 47.7 cm³/mol. The number of rotatable bonds is 5. The zero-order chi connectivity index (χ0) is 8.97. The summed E-state index contributed by atoms with van der Waals surface area (Å²) in [6, 6.07) is 0. The summed E-state index contributed by atoms with van der Waals surface area (Å²) in [5, 5.41) is 0. The first-order valence-electron chi connectivity index (χ1n) is 4.52. The van der Waals surface area contributed by atoms with Gasteiger partial charge >= 0.3 is 5.97 Å². The second-order valence-electron chi connectivity index (χ2n) is 3.36. The first-order valence-corrected chi connectivity index (χ1v) is 4.52. The van der Waals surface area contributed by atoms with Crippen molar-refractivity contribution in [1.29, 1.82) is 0 Å². The average Bonchev–Trinajstić information content (AvgIpc) is 2.67. The zero-order valence-electron chi connectivity index (χ0n) is 7.58. The van der Waals surface area contributed by atoms with Gasteiger partial charge in [-0.1, -0.05) is 6.08 Å². The molecule has 1 fully saturated rings. The monoisotopic (exact) mass is 168 g/mol. The Morgan fingerprint density at radius 2 is 2.50 bits per heavy atom. The minimum Gasteiger partial charge on any atom is -0.462 e. The van der Waals surface area contributed by atoms with E-state index in [1.165, 1.54) is 19.8 Å². The van der Waals surface area contributed by atoms with E-state index in [2.05, 4.69) is 6.58 Å². The van der Waals surface area contributed by atoms with Crippen molar-refractivity contribution in [1.82, 2.24) is 0 Å². The van der Waals surface area contributed by atoms with Gasteiger partial charge in [0.15, 0.2) is 0 Å². The van der Waals surface area contributed by atoms with Crippen LogP contribution in [-0.4, -0.2) is 12.1 Å². The van der Waals surface area contributed by atoms with Crippen LogP contribution in [0.15, 0.2) is 12.7 Å². The van der Waals surface area contributed by atoms with E-state index >= 15 is 0 Å². The highest BCUT2D eigenvalue weighted by Crippen LogP contribution is 2.37. The molecule has 12 heavy (non-hydrogen) atoms. The average molecular weight is 168 g/mol. The molecule has 0 aromatic rings. The summed E-state index contributed by atoms with van der Waals surface area (Å²) >= 11 is 0. The molecule has 0 heterocycles. The van der Waals surface area contributed by atoms with Crippen molar-refractivity contribution in [2.24, 2.45) is 5.92 Å². The van der Waals surface area contributed by atoms with Crippen molar-refractivity contribution >= 4 is 5.97 Å². The lowest BCUT2D eigenvalue weighted by Crippen LogP contribution is -2.02. The summed E-state index contributed by atoms with van der Waals surface area (Å²) in [6.07, 6.45) is 6.64. The fourth-order valence-corrected chi connectivity index (χ4v) is 1.41. The van der Waals surface area contributed by atoms with Crippen LogP contribution in [0.3, 0.4) is 0 Å². The van der Waals surface area contributed by atoms with E-state index in [0.29, 0.717) is 5.92 Å². The maximum absolute atomic E-state index is 10.5. The molecule has 0 aromatic carbocycles. The Bertz CT molecular complexity index is 175. The van der Waals surface area contributed by atoms with Crippen molar-refractivity contribution in [3.05, 3.63) is 12.7 Å². The van der Waals surface area contributed by atoms with Crippen molar-refractivity contribution in [2.45, 2.75) is 38.7 Å². The summed E-state index contributed by atoms with van der Waals surface area (Å²) in [5.41, 5.74) is 0. The van der Waals surface area contributed by atoms with Gasteiger partial charge in [-0.05, 0) is 31.6 Å². The van der Waals surface area contributed by atoms with E-state index in [9.17, 15) is 4.79 Å². The molecule has 0 bridgehead atoms. The van der Waals surface area contributed by atoms with Crippen molar-refractivity contribution in [3.63, 3.8) is 0 Å². The predicted octanol–water partition coefficient (Wildman–Crippen LogP) is 2.29. The molecule has 0 aliphatic heterocycles. The zero-order valence-corrected chi connectivity index (χ0v) is 7.58. The standard InChI is InChI=1S/C10H16O2/c1-3-4-5-6-9-7-10(9)12-8(2)11/h3,9-10H,1,4-7H2,2H3. The topological polar surface area (TPSA) is 26.3 Å². The molecule has 1 rings (SSSR count). The van der Waals surface area contributed by atoms with Gasteiger partial charge in [-0.25, -0.2) is 0 Å². The summed E-state index contributed by atoms with van der Waals surface area (Å²) < 4.78 is 5.04. The summed E-state index contributed by atoms with van der Waals surface area (Å²) in [4.78, 5) is 10.5. The molecule has 1 aliphatic carbocycles. The van der Waals surface area contributed by atoms with Crippen LogP contribution >= 0.6 is 0 Å². The van der Waals surface area contributed by atoms with Gasteiger partial charge in [0.25, 0.3) is 0 Å². The van der Waals surface area contributed by atoms with Crippen molar-refractivity contribution < 1.29 is 9.53 Å². The first kappa shape index (κ1) is 9.30. The van der Waals surface area contributed by atoms with Crippen LogP contribution in [0.2, 0.25) is 0 Å². The normalized spacial score (nSPS) is 26.4. The molecule has 0 radical (unpaired) electrons. The molecule has 68 valence electrons. The molecule has 2 nitrogen and oxygen atoms in total. The summed E-state index contributed by atoms with van der Waals surface area (Å²) in [5.74, 6) is 0.486. The number of hydrogen-bond donors (Lipinski definition) is 0. The lowest BCUT2D eigenvalue weighted by Gasteiger charge is -1.99. The molecule has 0 amide bonds. The highest BCUT2D eigenvalue weighted by atomic mass is 16.5. The maximum atomic E-state index is 10.5. The molecule has 1 aliphatic rings. The molecule has 2 heteroatoms. The Morgan fingerprint density at radius 3 is 3.08 bits per heavy atom. The van der Waals surface area contributed by atoms with Gasteiger partial charge < -0.3 is 4.74 Å². The maximum Gasteiger partial charge on any atom is 0.302 e. The van der Waals surface area contributed by atoms with Gasteiger partial charge in [-0.2, -0.15) is 0 Å². The van der Waals surface area contributed by atoms with E-state index in [4.69, 9.17) is 4.74 Å². The number of ether oxygens (including phenoxy) is 1. The third-order valence-electron chi connectivity index (χ3n) is 2.16. The number of esters is 1. The van der Waals surface area contributed by atoms with Crippen LogP contribution in [-0.2, 0) is 9.53 Å². The Balaban J connectivity index is 2.00. The largest absolute Gasteiger partial charge is 0.462 e. The van der Waals surface area contributed by atoms with Gasteiger partial charge in [0.2, 0.25) is 0 Å². The van der Waals surface area contributed by atoms with Crippen LogP contribution in [0, 0.1) is 5.92 Å². The van der Waals surface area contributed by atoms with Gasteiger partial charge in [-0.3, -0.25) is 4.79 Å². The summed E-state index contributed by atoms with van der Waals surface area (Å²) in [7, 11) is 0. The van der Waals surface area contributed by atoms with Crippen LogP contribution in [0.25, 0.3) is 0 Å². The van der Waals surface area contributed by atoms with Gasteiger partial charge in [0.1, 0.15) is 6.10 Å². The highest BCUT2D eigenvalue weighted by molar-refractivity contribution is 5.66. The second-order valence-corrected chi connectivity index (χ2v) is 3.36. The highest BCUT2D eigenvalue weighted by Gasteiger charge is 2.39. The van der Waals surface area contributed by atoms with Crippen molar-refractivity contribution in [3.8, 4) is 0 Å². The number of unbranched alkanes of at least 4 members (excludes halogenated alkanes) is 1. The molecular formula is C10H16O2. The quantitative estimate of drug-likeness (QED) is 0.357. The van der Waals surface area contributed by atoms with E-state index < -0.39 is 0 Å². The van der Waals surface area contributed by atoms with Crippen LogP contribution in [0.5, 0.6) is 0 Å². The number of hydrogen-bond acceptors (Lipinski definition) is 2. The fourth-order valence-electron chi connectivity index (χ4n) is 1.41. The molecule has 0 spiro atoms. The smallest absolute Gasteiger partial charge is 0.302 e. The van der Waals surface area contributed by atoms with E-state index in [-0.39, 0.29) is 12.1 Å². The third-order valence-corrected chi connectivity index (χ3v) is 2.16. The molecular weight excluding hydrogens is 152 g/mol. The minimum atomic E-state index is -0.147. The Labute approximate surface area is 73.6 Å². The molecule has 2 atom stereocenters.